The van der Waals surface area contributed by atoms with Gasteiger partial charge in [-0.2, -0.15) is 0 Å². The fraction of sp³-hybridized carbons (Fsp3) is 0.455. The Morgan fingerprint density at radius 2 is 2.27 bits per heavy atom. The number of hydrogen-bond acceptors (Lipinski definition) is 3. The van der Waals surface area contributed by atoms with Gasteiger partial charge < -0.3 is 5.32 Å². The van der Waals surface area contributed by atoms with Crippen LogP contribution in [-0.2, 0) is 6.54 Å². The SMILES string of the molecule is Cc1ccc([N+](=O)[O-])cc1CNC1CC1. The summed E-state index contributed by atoms with van der Waals surface area (Å²) in [4.78, 5) is 10.3. The number of rotatable bonds is 4. The van der Waals surface area contributed by atoms with Gasteiger partial charge in [0.2, 0.25) is 0 Å². The van der Waals surface area contributed by atoms with Crippen molar-refractivity contribution in [2.24, 2.45) is 0 Å². The molecule has 80 valence electrons. The molecule has 0 bridgehead atoms. The van der Waals surface area contributed by atoms with Crippen molar-refractivity contribution in [1.29, 1.82) is 0 Å². The Morgan fingerprint density at radius 1 is 1.53 bits per heavy atom. The molecule has 0 spiro atoms. The average molecular weight is 206 g/mol. The van der Waals surface area contributed by atoms with E-state index in [1.807, 2.05) is 13.0 Å². The van der Waals surface area contributed by atoms with Crippen LogP contribution in [0.5, 0.6) is 0 Å². The molecule has 0 amide bonds. The molecule has 0 radical (unpaired) electrons. The molecule has 1 fully saturated rings. The van der Waals surface area contributed by atoms with Crippen molar-refractivity contribution in [1.82, 2.24) is 5.32 Å². The van der Waals surface area contributed by atoms with Gasteiger partial charge in [0.15, 0.2) is 0 Å². The lowest BCUT2D eigenvalue weighted by Gasteiger charge is -2.06. The number of benzene rings is 1. The zero-order valence-corrected chi connectivity index (χ0v) is 8.69. The lowest BCUT2D eigenvalue weighted by molar-refractivity contribution is -0.384. The Hall–Kier alpha value is -1.42. The second kappa shape index (κ2) is 3.98. The fourth-order valence-electron chi connectivity index (χ4n) is 1.50. The van der Waals surface area contributed by atoms with Gasteiger partial charge in [0.1, 0.15) is 0 Å². The van der Waals surface area contributed by atoms with E-state index >= 15 is 0 Å². The van der Waals surface area contributed by atoms with Crippen LogP contribution in [0.15, 0.2) is 18.2 Å². The Labute approximate surface area is 88.5 Å². The van der Waals surface area contributed by atoms with Crippen LogP contribution in [0.25, 0.3) is 0 Å². The molecule has 0 aromatic heterocycles. The second-order valence-electron chi connectivity index (χ2n) is 4.02. The monoisotopic (exact) mass is 206 g/mol. The van der Waals surface area contributed by atoms with Crippen LogP contribution in [0, 0.1) is 17.0 Å². The third-order valence-corrected chi connectivity index (χ3v) is 2.70. The maximum absolute atomic E-state index is 10.6. The van der Waals surface area contributed by atoms with Crippen LogP contribution in [0.1, 0.15) is 24.0 Å². The van der Waals surface area contributed by atoms with E-state index in [4.69, 9.17) is 0 Å². The molecular formula is C11H14N2O2. The Bertz CT molecular complexity index is 386. The van der Waals surface area contributed by atoms with E-state index < -0.39 is 0 Å². The molecule has 4 heteroatoms. The normalized spacial score (nSPS) is 15.3. The van der Waals surface area contributed by atoms with E-state index in [1.165, 1.54) is 12.8 Å². The summed E-state index contributed by atoms with van der Waals surface area (Å²) in [5, 5.41) is 14.0. The topological polar surface area (TPSA) is 55.2 Å². The van der Waals surface area contributed by atoms with Gasteiger partial charge in [-0.1, -0.05) is 6.07 Å². The highest BCUT2D eigenvalue weighted by Crippen LogP contribution is 2.21. The van der Waals surface area contributed by atoms with E-state index in [0.29, 0.717) is 6.04 Å². The maximum atomic E-state index is 10.6. The average Bonchev–Trinajstić information content (AvgIpc) is 3.00. The molecule has 1 aliphatic rings. The van der Waals surface area contributed by atoms with E-state index in [1.54, 1.807) is 12.1 Å². The number of nitro groups is 1. The van der Waals surface area contributed by atoms with Crippen LogP contribution in [-0.4, -0.2) is 11.0 Å². The molecule has 1 aromatic carbocycles. The summed E-state index contributed by atoms with van der Waals surface area (Å²) in [6.45, 7) is 2.71. The van der Waals surface area contributed by atoms with Crippen LogP contribution in [0.3, 0.4) is 0 Å². The van der Waals surface area contributed by atoms with Crippen molar-refractivity contribution in [2.45, 2.75) is 32.4 Å². The second-order valence-corrected chi connectivity index (χ2v) is 4.02. The lowest BCUT2D eigenvalue weighted by Crippen LogP contribution is -2.16. The number of nitrogens with zero attached hydrogens (tertiary/aromatic N) is 1. The zero-order valence-electron chi connectivity index (χ0n) is 8.69. The molecule has 15 heavy (non-hydrogen) atoms. The van der Waals surface area contributed by atoms with Crippen LogP contribution < -0.4 is 5.32 Å². The minimum absolute atomic E-state index is 0.174. The summed E-state index contributed by atoms with van der Waals surface area (Å²) in [7, 11) is 0. The fourth-order valence-corrected chi connectivity index (χ4v) is 1.50. The van der Waals surface area contributed by atoms with E-state index in [-0.39, 0.29) is 10.6 Å². The first-order valence-electron chi connectivity index (χ1n) is 5.14. The standard InChI is InChI=1S/C11H14N2O2/c1-8-2-5-11(13(14)15)6-9(8)7-12-10-3-4-10/h2,5-6,10,12H,3-4,7H2,1H3. The maximum Gasteiger partial charge on any atom is 0.269 e. The van der Waals surface area contributed by atoms with Gasteiger partial charge in [-0.05, 0) is 30.9 Å². The minimum atomic E-state index is -0.347. The summed E-state index contributed by atoms with van der Waals surface area (Å²) >= 11 is 0. The summed E-state index contributed by atoms with van der Waals surface area (Å²) in [6.07, 6.45) is 2.46. The number of nitrogens with one attached hydrogen (secondary N) is 1. The Kier molecular flexibility index (Phi) is 2.68. The number of non-ortho nitro benzene ring substituents is 1. The van der Waals surface area contributed by atoms with Crippen molar-refractivity contribution in [3.63, 3.8) is 0 Å². The van der Waals surface area contributed by atoms with Gasteiger partial charge in [0, 0.05) is 24.7 Å². The lowest BCUT2D eigenvalue weighted by atomic mass is 10.1. The third kappa shape index (κ3) is 2.53. The first-order chi connectivity index (χ1) is 7.16. The molecule has 1 aliphatic carbocycles. The van der Waals surface area contributed by atoms with Gasteiger partial charge in [-0.3, -0.25) is 10.1 Å². The van der Waals surface area contributed by atoms with Crippen LogP contribution >= 0.6 is 0 Å². The highest BCUT2D eigenvalue weighted by Gasteiger charge is 2.20. The summed E-state index contributed by atoms with van der Waals surface area (Å²) in [6, 6.07) is 5.64. The van der Waals surface area contributed by atoms with Crippen molar-refractivity contribution < 1.29 is 4.92 Å². The predicted molar refractivity (Wildman–Crippen MR) is 57.7 cm³/mol. The molecule has 0 atom stereocenters. The number of aryl methyl sites for hydroxylation is 1. The summed E-state index contributed by atoms with van der Waals surface area (Å²) in [5.41, 5.74) is 2.30. The number of hydrogen-bond donors (Lipinski definition) is 1. The van der Waals surface area contributed by atoms with E-state index in [0.717, 1.165) is 17.7 Å². The van der Waals surface area contributed by atoms with E-state index in [9.17, 15) is 10.1 Å². The molecule has 0 aliphatic heterocycles. The van der Waals surface area contributed by atoms with E-state index in [2.05, 4.69) is 5.32 Å². The summed E-state index contributed by atoms with van der Waals surface area (Å²) < 4.78 is 0. The highest BCUT2D eigenvalue weighted by molar-refractivity contribution is 5.39. The molecule has 2 rings (SSSR count). The van der Waals surface area contributed by atoms with Crippen LogP contribution in [0.4, 0.5) is 5.69 Å². The third-order valence-electron chi connectivity index (χ3n) is 2.70. The molecule has 4 nitrogen and oxygen atoms in total. The Morgan fingerprint density at radius 3 is 2.87 bits per heavy atom. The molecule has 1 N–H and O–H groups in total. The van der Waals surface area contributed by atoms with Crippen LogP contribution in [0.2, 0.25) is 0 Å². The molecule has 0 saturated heterocycles. The zero-order chi connectivity index (χ0) is 10.8. The Balaban J connectivity index is 2.12. The smallest absolute Gasteiger partial charge is 0.269 e. The minimum Gasteiger partial charge on any atom is -0.310 e. The molecule has 0 heterocycles. The van der Waals surface area contributed by atoms with Gasteiger partial charge in [-0.15, -0.1) is 0 Å². The number of nitro benzene ring substituents is 1. The first kappa shape index (κ1) is 10.1. The van der Waals surface area contributed by atoms with Crippen molar-refractivity contribution >= 4 is 5.69 Å². The van der Waals surface area contributed by atoms with Gasteiger partial charge in [0.25, 0.3) is 5.69 Å². The van der Waals surface area contributed by atoms with Gasteiger partial charge >= 0.3 is 0 Å². The molecule has 1 saturated carbocycles. The predicted octanol–water partition coefficient (Wildman–Crippen LogP) is 2.16. The molecule has 0 unspecified atom stereocenters. The largest absolute Gasteiger partial charge is 0.310 e. The van der Waals surface area contributed by atoms with Gasteiger partial charge in [0.05, 0.1) is 4.92 Å². The van der Waals surface area contributed by atoms with Crippen molar-refractivity contribution in [3.05, 3.63) is 39.4 Å². The molecular weight excluding hydrogens is 192 g/mol. The van der Waals surface area contributed by atoms with Gasteiger partial charge in [-0.25, -0.2) is 0 Å². The highest BCUT2D eigenvalue weighted by atomic mass is 16.6. The molecule has 1 aromatic rings. The van der Waals surface area contributed by atoms with Crippen molar-refractivity contribution in [2.75, 3.05) is 0 Å². The quantitative estimate of drug-likeness (QED) is 0.606. The first-order valence-corrected chi connectivity index (χ1v) is 5.14. The summed E-state index contributed by atoms with van der Waals surface area (Å²) in [5.74, 6) is 0. The van der Waals surface area contributed by atoms with Crippen molar-refractivity contribution in [3.8, 4) is 0 Å².